The van der Waals surface area contributed by atoms with E-state index < -0.39 is 19.8 Å². The second-order valence-corrected chi connectivity index (χ2v) is 9.63. The number of hydrogen-bond acceptors (Lipinski definition) is 4. The fourth-order valence-corrected chi connectivity index (χ4v) is 3.18. The molecule has 0 saturated carbocycles. The molecule has 0 radical (unpaired) electrons. The van der Waals surface area contributed by atoms with Crippen LogP contribution in [0.4, 0.5) is 0 Å². The predicted octanol–water partition coefficient (Wildman–Crippen LogP) is 1.99. The molecule has 0 N–H and O–H groups in total. The maximum atomic E-state index is 12.2. The minimum Gasteiger partial charge on any atom is -0.351 e. The van der Waals surface area contributed by atoms with Crippen LogP contribution in [0, 0.1) is 5.41 Å². The van der Waals surface area contributed by atoms with Crippen molar-refractivity contribution in [3.05, 3.63) is 0 Å². The van der Waals surface area contributed by atoms with Crippen LogP contribution in [0.3, 0.4) is 0 Å². The standard InChI is InChI=1S/C12H24O4S/c1-11(2,3)10-15-7-9(8-16-10)17(13,14)12(4,5)6/h9-10H,7-8H2,1-6H3. The van der Waals surface area contributed by atoms with Gasteiger partial charge in [0.15, 0.2) is 16.1 Å². The van der Waals surface area contributed by atoms with E-state index in [1.165, 1.54) is 0 Å². The SMILES string of the molecule is CC(C)(C)C1OCC(S(=O)(=O)C(C)(C)C)CO1. The highest BCUT2D eigenvalue weighted by molar-refractivity contribution is 7.93. The second kappa shape index (κ2) is 4.52. The first-order chi connectivity index (χ1) is 7.46. The highest BCUT2D eigenvalue weighted by Crippen LogP contribution is 2.30. The Balaban J connectivity index is 2.72. The van der Waals surface area contributed by atoms with E-state index in [0.29, 0.717) is 0 Å². The van der Waals surface area contributed by atoms with Crippen LogP contribution >= 0.6 is 0 Å². The van der Waals surface area contributed by atoms with Crippen LogP contribution in [0.25, 0.3) is 0 Å². The summed E-state index contributed by atoms with van der Waals surface area (Å²) in [6.45, 7) is 11.6. The van der Waals surface area contributed by atoms with Gasteiger partial charge >= 0.3 is 0 Å². The molecular weight excluding hydrogens is 240 g/mol. The average molecular weight is 264 g/mol. The van der Waals surface area contributed by atoms with Crippen LogP contribution < -0.4 is 0 Å². The van der Waals surface area contributed by atoms with E-state index in [-0.39, 0.29) is 24.9 Å². The van der Waals surface area contributed by atoms with Gasteiger partial charge in [0.25, 0.3) is 0 Å². The summed E-state index contributed by atoms with van der Waals surface area (Å²) in [7, 11) is -3.22. The molecule has 1 rings (SSSR count). The molecule has 1 fully saturated rings. The first-order valence-corrected chi connectivity index (χ1v) is 7.47. The fraction of sp³-hybridized carbons (Fsp3) is 1.00. The summed E-state index contributed by atoms with van der Waals surface area (Å²) in [5.41, 5.74) is -0.129. The molecule has 0 spiro atoms. The minimum atomic E-state index is -3.22. The summed E-state index contributed by atoms with van der Waals surface area (Å²) in [5.74, 6) is 0. The first kappa shape index (κ1) is 14.9. The van der Waals surface area contributed by atoms with Crippen molar-refractivity contribution in [3.8, 4) is 0 Å². The molecule has 0 unspecified atom stereocenters. The van der Waals surface area contributed by atoms with E-state index in [4.69, 9.17) is 9.47 Å². The molecule has 4 nitrogen and oxygen atoms in total. The topological polar surface area (TPSA) is 52.6 Å². The van der Waals surface area contributed by atoms with Crippen molar-refractivity contribution >= 4 is 9.84 Å². The highest BCUT2D eigenvalue weighted by Gasteiger charge is 2.42. The summed E-state index contributed by atoms with van der Waals surface area (Å²) in [6.07, 6.45) is -0.325. The maximum absolute atomic E-state index is 12.2. The molecule has 0 bridgehead atoms. The van der Waals surface area contributed by atoms with Crippen molar-refractivity contribution < 1.29 is 17.9 Å². The Morgan fingerprint density at radius 2 is 1.35 bits per heavy atom. The van der Waals surface area contributed by atoms with Gasteiger partial charge in [0.2, 0.25) is 0 Å². The minimum absolute atomic E-state index is 0.129. The predicted molar refractivity (Wildman–Crippen MR) is 67.6 cm³/mol. The van der Waals surface area contributed by atoms with Crippen LogP contribution in [0.1, 0.15) is 41.5 Å². The van der Waals surface area contributed by atoms with Gasteiger partial charge < -0.3 is 9.47 Å². The summed E-state index contributed by atoms with van der Waals surface area (Å²) in [6, 6.07) is 0. The highest BCUT2D eigenvalue weighted by atomic mass is 32.2. The lowest BCUT2D eigenvalue weighted by molar-refractivity contribution is -0.222. The zero-order valence-corrected chi connectivity index (χ0v) is 12.4. The number of sulfone groups is 1. The van der Waals surface area contributed by atoms with Gasteiger partial charge in [-0.3, -0.25) is 0 Å². The molecule has 0 aromatic rings. The van der Waals surface area contributed by atoms with Crippen molar-refractivity contribution in [3.63, 3.8) is 0 Å². The van der Waals surface area contributed by atoms with E-state index in [9.17, 15) is 8.42 Å². The lowest BCUT2D eigenvalue weighted by atomic mass is 9.95. The normalized spacial score (nSPS) is 28.1. The molecule has 0 aromatic heterocycles. The van der Waals surface area contributed by atoms with Crippen LogP contribution in [-0.4, -0.2) is 37.9 Å². The summed E-state index contributed by atoms with van der Waals surface area (Å²) >= 11 is 0. The van der Waals surface area contributed by atoms with Gasteiger partial charge in [0.05, 0.1) is 18.0 Å². The van der Waals surface area contributed by atoms with Gasteiger partial charge in [-0.2, -0.15) is 0 Å². The van der Waals surface area contributed by atoms with Crippen molar-refractivity contribution in [1.82, 2.24) is 0 Å². The van der Waals surface area contributed by atoms with E-state index in [0.717, 1.165) is 0 Å². The first-order valence-electron chi connectivity index (χ1n) is 5.93. The van der Waals surface area contributed by atoms with Gasteiger partial charge in [0, 0.05) is 5.41 Å². The number of ether oxygens (including phenoxy) is 2. The van der Waals surface area contributed by atoms with Gasteiger partial charge in [0.1, 0.15) is 5.25 Å². The van der Waals surface area contributed by atoms with Crippen LogP contribution in [0.15, 0.2) is 0 Å². The van der Waals surface area contributed by atoms with E-state index in [1.54, 1.807) is 20.8 Å². The van der Waals surface area contributed by atoms with Crippen LogP contribution in [-0.2, 0) is 19.3 Å². The molecule has 17 heavy (non-hydrogen) atoms. The Kier molecular flexibility index (Phi) is 3.97. The molecular formula is C12H24O4S. The van der Waals surface area contributed by atoms with E-state index in [2.05, 4.69) is 0 Å². The van der Waals surface area contributed by atoms with Crippen LogP contribution in [0.5, 0.6) is 0 Å². The third kappa shape index (κ3) is 3.20. The molecule has 1 saturated heterocycles. The summed E-state index contributed by atoms with van der Waals surface area (Å²) < 4.78 is 34.7. The monoisotopic (exact) mass is 264 g/mol. The molecule has 0 atom stereocenters. The smallest absolute Gasteiger partial charge is 0.162 e. The van der Waals surface area contributed by atoms with Gasteiger partial charge in [-0.05, 0) is 20.8 Å². The molecule has 1 heterocycles. The third-order valence-electron chi connectivity index (χ3n) is 2.87. The lowest BCUT2D eigenvalue weighted by Gasteiger charge is -2.38. The Bertz CT molecular complexity index is 351. The van der Waals surface area contributed by atoms with E-state index >= 15 is 0 Å². The number of hydrogen-bond donors (Lipinski definition) is 0. The molecule has 1 aliphatic heterocycles. The molecule has 5 heteroatoms. The van der Waals surface area contributed by atoms with Crippen molar-refractivity contribution in [2.24, 2.45) is 5.41 Å². The lowest BCUT2D eigenvalue weighted by Crippen LogP contribution is -2.49. The van der Waals surface area contributed by atoms with Gasteiger partial charge in [-0.1, -0.05) is 20.8 Å². The average Bonchev–Trinajstić information content (AvgIpc) is 2.15. The Morgan fingerprint density at radius 3 is 1.65 bits per heavy atom. The molecule has 0 aliphatic carbocycles. The third-order valence-corrected chi connectivity index (χ3v) is 5.72. The number of rotatable bonds is 1. The Labute approximate surface area is 105 Å². The zero-order valence-electron chi connectivity index (χ0n) is 11.6. The summed E-state index contributed by atoms with van der Waals surface area (Å²) in [4.78, 5) is 0. The largest absolute Gasteiger partial charge is 0.351 e. The Hall–Kier alpha value is -0.130. The molecule has 1 aliphatic rings. The fourth-order valence-electron chi connectivity index (χ4n) is 1.66. The molecule has 102 valence electrons. The summed E-state index contributed by atoms with van der Waals surface area (Å²) in [5, 5.41) is -0.555. The quantitative estimate of drug-likeness (QED) is 0.727. The molecule has 0 aromatic carbocycles. The van der Waals surface area contributed by atoms with Crippen molar-refractivity contribution in [2.45, 2.75) is 57.8 Å². The van der Waals surface area contributed by atoms with Crippen molar-refractivity contribution in [2.75, 3.05) is 13.2 Å². The van der Waals surface area contributed by atoms with Gasteiger partial charge in [-0.25, -0.2) is 8.42 Å². The maximum Gasteiger partial charge on any atom is 0.162 e. The van der Waals surface area contributed by atoms with Crippen LogP contribution in [0.2, 0.25) is 0 Å². The second-order valence-electron chi connectivity index (χ2n) is 6.64. The van der Waals surface area contributed by atoms with E-state index in [1.807, 2.05) is 20.8 Å². The Morgan fingerprint density at radius 1 is 0.941 bits per heavy atom. The van der Waals surface area contributed by atoms with Crippen molar-refractivity contribution in [1.29, 1.82) is 0 Å². The van der Waals surface area contributed by atoms with Gasteiger partial charge in [-0.15, -0.1) is 0 Å². The molecule has 0 amide bonds. The zero-order chi connectivity index (χ0) is 13.5.